The Morgan fingerprint density at radius 2 is 1.85 bits per heavy atom. The van der Waals surface area contributed by atoms with E-state index in [1.807, 2.05) is 42.5 Å². The van der Waals surface area contributed by atoms with Crippen LogP contribution in [-0.2, 0) is 4.74 Å². The monoisotopic (exact) mass is 358 g/mol. The van der Waals surface area contributed by atoms with Crippen LogP contribution in [0.25, 0.3) is 22.3 Å². The van der Waals surface area contributed by atoms with Gasteiger partial charge in [0.15, 0.2) is 5.82 Å². The van der Waals surface area contributed by atoms with Crippen molar-refractivity contribution in [2.45, 2.75) is 6.10 Å². The number of fused-ring (bicyclic) bond motifs is 1. The summed E-state index contributed by atoms with van der Waals surface area (Å²) in [6, 6.07) is 15.8. The van der Waals surface area contributed by atoms with Crippen LogP contribution in [-0.4, -0.2) is 34.6 Å². The number of para-hydroxylation sites is 1. The number of benzene rings is 1. The molecule has 1 aliphatic rings. The largest absolute Gasteiger partial charge is 0.467 e. The van der Waals surface area contributed by atoms with Crippen molar-refractivity contribution in [1.82, 2.24) is 15.0 Å². The van der Waals surface area contributed by atoms with Crippen LogP contribution in [0.4, 0.5) is 5.82 Å². The van der Waals surface area contributed by atoms with Gasteiger partial charge in [-0.2, -0.15) is 0 Å². The quantitative estimate of drug-likeness (QED) is 0.554. The molecule has 0 amide bonds. The molecule has 1 aliphatic heterocycles. The Balaban J connectivity index is 1.59. The summed E-state index contributed by atoms with van der Waals surface area (Å²) in [5, 5.41) is 1.04. The van der Waals surface area contributed by atoms with E-state index in [-0.39, 0.29) is 6.10 Å². The zero-order valence-electron chi connectivity index (χ0n) is 14.7. The molecular formula is C21H18N4O2. The van der Waals surface area contributed by atoms with Gasteiger partial charge >= 0.3 is 0 Å². The van der Waals surface area contributed by atoms with Crippen LogP contribution in [0.5, 0.6) is 0 Å². The minimum atomic E-state index is -0.105. The van der Waals surface area contributed by atoms with Crippen LogP contribution < -0.4 is 4.90 Å². The van der Waals surface area contributed by atoms with Gasteiger partial charge in [-0.05, 0) is 36.4 Å². The van der Waals surface area contributed by atoms with E-state index in [0.717, 1.165) is 34.6 Å². The fourth-order valence-corrected chi connectivity index (χ4v) is 3.42. The third-order valence-corrected chi connectivity index (χ3v) is 4.75. The first-order chi connectivity index (χ1) is 13.4. The van der Waals surface area contributed by atoms with Crippen LogP contribution in [0, 0.1) is 0 Å². The first-order valence-corrected chi connectivity index (χ1v) is 8.95. The number of nitrogens with zero attached hydrogens (tertiary/aromatic N) is 4. The van der Waals surface area contributed by atoms with Crippen LogP contribution >= 0.6 is 0 Å². The number of furan rings is 1. The Kier molecular flexibility index (Phi) is 4.03. The standard InChI is InChI=1S/C21H18N4O2/c1-2-5-17-16(4-1)21(24-20(23-17)15-7-9-22-10-8-15)25-11-13-27-19(14-25)18-6-3-12-26-18/h1-10,12,19H,11,13-14H2. The molecule has 6 nitrogen and oxygen atoms in total. The molecule has 0 spiro atoms. The molecular weight excluding hydrogens is 340 g/mol. The molecule has 1 saturated heterocycles. The van der Waals surface area contributed by atoms with Crippen molar-refractivity contribution >= 4 is 16.7 Å². The zero-order chi connectivity index (χ0) is 18.1. The topological polar surface area (TPSA) is 64.3 Å². The maximum absolute atomic E-state index is 5.91. The minimum absolute atomic E-state index is 0.105. The molecule has 3 aromatic heterocycles. The lowest BCUT2D eigenvalue weighted by molar-refractivity contribution is 0.0256. The summed E-state index contributed by atoms with van der Waals surface area (Å²) in [4.78, 5) is 16.0. The van der Waals surface area contributed by atoms with Crippen molar-refractivity contribution < 1.29 is 9.15 Å². The average molecular weight is 358 g/mol. The predicted molar refractivity (Wildman–Crippen MR) is 102 cm³/mol. The number of hydrogen-bond acceptors (Lipinski definition) is 6. The number of ether oxygens (including phenoxy) is 1. The fourth-order valence-electron chi connectivity index (χ4n) is 3.42. The Labute approximate surface area is 156 Å². The Bertz CT molecular complexity index is 1050. The highest BCUT2D eigenvalue weighted by atomic mass is 16.5. The third kappa shape index (κ3) is 3.04. The molecule has 4 heterocycles. The highest BCUT2D eigenvalue weighted by Gasteiger charge is 2.26. The van der Waals surface area contributed by atoms with Crippen molar-refractivity contribution in [2.75, 3.05) is 24.6 Å². The second-order valence-electron chi connectivity index (χ2n) is 6.44. The fraction of sp³-hybridized carbons (Fsp3) is 0.190. The minimum Gasteiger partial charge on any atom is -0.467 e. The molecule has 1 aromatic carbocycles. The van der Waals surface area contributed by atoms with Crippen molar-refractivity contribution in [3.05, 3.63) is 72.9 Å². The van der Waals surface area contributed by atoms with Crippen LogP contribution in [0.3, 0.4) is 0 Å². The summed E-state index contributed by atoms with van der Waals surface area (Å²) < 4.78 is 11.5. The maximum Gasteiger partial charge on any atom is 0.162 e. The molecule has 0 saturated carbocycles. The summed E-state index contributed by atoms with van der Waals surface area (Å²) in [5.74, 6) is 2.46. The maximum atomic E-state index is 5.91. The highest BCUT2D eigenvalue weighted by Crippen LogP contribution is 2.31. The van der Waals surface area contributed by atoms with Gasteiger partial charge in [0.25, 0.3) is 0 Å². The number of anilines is 1. The number of hydrogen-bond donors (Lipinski definition) is 0. The smallest absolute Gasteiger partial charge is 0.162 e. The summed E-state index contributed by atoms with van der Waals surface area (Å²) in [7, 11) is 0. The summed E-state index contributed by atoms with van der Waals surface area (Å²) in [6.07, 6.45) is 5.09. The first-order valence-electron chi connectivity index (χ1n) is 8.95. The number of pyridine rings is 1. The molecule has 1 unspecified atom stereocenters. The Morgan fingerprint density at radius 1 is 0.963 bits per heavy atom. The van der Waals surface area contributed by atoms with Crippen LogP contribution in [0.15, 0.2) is 71.6 Å². The van der Waals surface area contributed by atoms with Crippen LogP contribution in [0.1, 0.15) is 11.9 Å². The van der Waals surface area contributed by atoms with Gasteiger partial charge in [0.2, 0.25) is 0 Å². The summed E-state index contributed by atoms with van der Waals surface area (Å²) in [6.45, 7) is 2.08. The Morgan fingerprint density at radius 3 is 2.70 bits per heavy atom. The van der Waals surface area contributed by atoms with E-state index >= 15 is 0 Å². The van der Waals surface area contributed by atoms with Crippen molar-refractivity contribution in [3.63, 3.8) is 0 Å². The van der Waals surface area contributed by atoms with Gasteiger partial charge in [-0.25, -0.2) is 9.97 Å². The Hall–Kier alpha value is -3.25. The van der Waals surface area contributed by atoms with Gasteiger partial charge in [-0.1, -0.05) is 12.1 Å². The molecule has 0 bridgehead atoms. The van der Waals surface area contributed by atoms with Crippen molar-refractivity contribution in [3.8, 4) is 11.4 Å². The molecule has 1 fully saturated rings. The summed E-state index contributed by atoms with van der Waals surface area (Å²) in [5.41, 5.74) is 1.88. The molecule has 0 radical (unpaired) electrons. The van der Waals surface area contributed by atoms with E-state index in [2.05, 4.69) is 16.0 Å². The van der Waals surface area contributed by atoms with Gasteiger partial charge in [-0.15, -0.1) is 0 Å². The average Bonchev–Trinajstić information content (AvgIpc) is 3.29. The lowest BCUT2D eigenvalue weighted by Crippen LogP contribution is -2.39. The van der Waals surface area contributed by atoms with E-state index in [1.54, 1.807) is 18.7 Å². The van der Waals surface area contributed by atoms with Crippen molar-refractivity contribution in [2.24, 2.45) is 0 Å². The van der Waals surface area contributed by atoms with E-state index in [1.165, 1.54) is 0 Å². The second-order valence-corrected chi connectivity index (χ2v) is 6.44. The third-order valence-electron chi connectivity index (χ3n) is 4.75. The summed E-state index contributed by atoms with van der Waals surface area (Å²) >= 11 is 0. The van der Waals surface area contributed by atoms with Crippen LogP contribution in [0.2, 0.25) is 0 Å². The van der Waals surface area contributed by atoms with Gasteiger partial charge in [-0.3, -0.25) is 4.98 Å². The predicted octanol–water partition coefficient (Wildman–Crippen LogP) is 3.86. The number of rotatable bonds is 3. The molecule has 134 valence electrons. The molecule has 1 atom stereocenters. The molecule has 0 aliphatic carbocycles. The molecule has 27 heavy (non-hydrogen) atoms. The van der Waals surface area contributed by atoms with E-state index in [4.69, 9.17) is 19.1 Å². The number of morpholine rings is 1. The van der Waals surface area contributed by atoms with E-state index in [0.29, 0.717) is 19.0 Å². The lowest BCUT2D eigenvalue weighted by Gasteiger charge is -2.33. The van der Waals surface area contributed by atoms with Crippen molar-refractivity contribution in [1.29, 1.82) is 0 Å². The number of aromatic nitrogens is 3. The molecule has 4 aromatic rings. The second kappa shape index (κ2) is 6.81. The molecule has 0 N–H and O–H groups in total. The molecule has 6 heteroatoms. The van der Waals surface area contributed by atoms with E-state index < -0.39 is 0 Å². The van der Waals surface area contributed by atoms with Gasteiger partial charge in [0.1, 0.15) is 17.7 Å². The van der Waals surface area contributed by atoms with Gasteiger partial charge in [0, 0.05) is 29.9 Å². The van der Waals surface area contributed by atoms with E-state index in [9.17, 15) is 0 Å². The highest BCUT2D eigenvalue weighted by molar-refractivity contribution is 5.91. The lowest BCUT2D eigenvalue weighted by atomic mass is 10.1. The zero-order valence-corrected chi connectivity index (χ0v) is 14.7. The van der Waals surface area contributed by atoms with Gasteiger partial charge in [0.05, 0.1) is 24.9 Å². The SMILES string of the molecule is c1coc(C2CN(c3nc(-c4ccncc4)nc4ccccc34)CCO2)c1. The van der Waals surface area contributed by atoms with Gasteiger partial charge < -0.3 is 14.1 Å². The molecule has 5 rings (SSSR count). The first kappa shape index (κ1) is 16.0. The normalized spacial score (nSPS) is 17.3.